The molecule has 252 valence electrons. The van der Waals surface area contributed by atoms with Crippen molar-refractivity contribution >= 4 is 13.8 Å². The van der Waals surface area contributed by atoms with Crippen LogP contribution in [0.4, 0.5) is 0 Å². The van der Waals surface area contributed by atoms with Crippen LogP contribution in [0.5, 0.6) is 0 Å². The predicted molar refractivity (Wildman–Crippen MR) is 178 cm³/mol. The van der Waals surface area contributed by atoms with Crippen molar-refractivity contribution in [1.29, 1.82) is 0 Å². The second kappa shape index (κ2) is 32.1. The lowest BCUT2D eigenvalue weighted by Crippen LogP contribution is -2.28. The standard InChI is InChI=1S/C34H64NO7P/c1-3-5-7-8-9-10-11-12-13-14-15-16-17-18-19-20-21-22-23-24-25-26-29-39-31-33(42-34(36)27-6-4-2)32-41-43(37,38)40-30-28-35/h11-12,14-15,17-18,33H,3-10,13,16,19-32,35H2,1-2H3,(H,37,38)/b12-11-,15-14-,18-17-. The lowest BCUT2D eigenvalue weighted by molar-refractivity contribution is -0.154. The predicted octanol–water partition coefficient (Wildman–Crippen LogP) is 9.13. The third-order valence-corrected chi connectivity index (χ3v) is 7.79. The summed E-state index contributed by atoms with van der Waals surface area (Å²) in [5.41, 5.74) is 5.29. The van der Waals surface area contributed by atoms with Crippen molar-refractivity contribution in [3.05, 3.63) is 36.5 Å². The maximum atomic E-state index is 12.0. The van der Waals surface area contributed by atoms with Crippen LogP contribution in [0.3, 0.4) is 0 Å². The molecule has 0 aromatic carbocycles. The van der Waals surface area contributed by atoms with Gasteiger partial charge in [0.2, 0.25) is 0 Å². The monoisotopic (exact) mass is 629 g/mol. The topological polar surface area (TPSA) is 117 Å². The molecule has 0 aromatic rings. The second-order valence-electron chi connectivity index (χ2n) is 11.0. The summed E-state index contributed by atoms with van der Waals surface area (Å²) in [5.74, 6) is -0.371. The molecule has 0 aromatic heterocycles. The third-order valence-electron chi connectivity index (χ3n) is 6.81. The lowest BCUT2D eigenvalue weighted by atomic mass is 10.1. The van der Waals surface area contributed by atoms with Crippen molar-refractivity contribution in [3.63, 3.8) is 0 Å². The van der Waals surface area contributed by atoms with Crippen LogP contribution in [0.15, 0.2) is 36.5 Å². The maximum absolute atomic E-state index is 12.0. The van der Waals surface area contributed by atoms with Crippen LogP contribution in [-0.2, 0) is 27.9 Å². The van der Waals surface area contributed by atoms with Crippen molar-refractivity contribution in [2.75, 3.05) is 33.0 Å². The van der Waals surface area contributed by atoms with Crippen LogP contribution < -0.4 is 5.73 Å². The Hall–Kier alpha value is -1.28. The normalized spacial score (nSPS) is 14.2. The SMILES string of the molecule is CCCCCCC/C=C\C/C=C\C/C=C\CCCCCCCCCOCC(COP(=O)(O)OCCN)OC(=O)CCCC. The van der Waals surface area contributed by atoms with Crippen LogP contribution in [0.25, 0.3) is 0 Å². The van der Waals surface area contributed by atoms with Crippen molar-refractivity contribution in [2.45, 2.75) is 142 Å². The van der Waals surface area contributed by atoms with Gasteiger partial charge in [0.1, 0.15) is 6.10 Å². The molecule has 9 heteroatoms. The van der Waals surface area contributed by atoms with E-state index in [9.17, 15) is 14.3 Å². The number of phosphoric acid groups is 1. The molecule has 0 aliphatic carbocycles. The van der Waals surface area contributed by atoms with E-state index in [4.69, 9.17) is 24.3 Å². The highest BCUT2D eigenvalue weighted by Gasteiger charge is 2.25. The van der Waals surface area contributed by atoms with Gasteiger partial charge >= 0.3 is 13.8 Å². The van der Waals surface area contributed by atoms with E-state index < -0.39 is 13.9 Å². The molecule has 0 spiro atoms. The number of ether oxygens (including phenoxy) is 2. The number of phosphoric ester groups is 1. The summed E-state index contributed by atoms with van der Waals surface area (Å²) < 4.78 is 32.7. The van der Waals surface area contributed by atoms with E-state index in [2.05, 4.69) is 43.4 Å². The fourth-order valence-corrected chi connectivity index (χ4v) is 5.04. The van der Waals surface area contributed by atoms with Crippen molar-refractivity contribution in [3.8, 4) is 0 Å². The molecule has 2 unspecified atom stereocenters. The van der Waals surface area contributed by atoms with Crippen LogP contribution in [-0.4, -0.2) is 49.9 Å². The minimum atomic E-state index is -4.25. The number of unbranched alkanes of at least 4 members (excludes halogenated alkanes) is 13. The molecular weight excluding hydrogens is 565 g/mol. The number of carbonyl (C=O) groups excluding carboxylic acids is 1. The summed E-state index contributed by atoms with van der Waals surface area (Å²) in [4.78, 5) is 21.7. The number of carbonyl (C=O) groups is 1. The van der Waals surface area contributed by atoms with Crippen molar-refractivity contribution < 1.29 is 32.8 Å². The average Bonchev–Trinajstić information content (AvgIpc) is 2.99. The lowest BCUT2D eigenvalue weighted by Gasteiger charge is -2.20. The van der Waals surface area contributed by atoms with E-state index in [0.717, 1.165) is 44.9 Å². The van der Waals surface area contributed by atoms with Gasteiger partial charge in [-0.15, -0.1) is 0 Å². The molecule has 0 fully saturated rings. The molecule has 0 aliphatic rings. The largest absolute Gasteiger partial charge is 0.472 e. The van der Waals surface area contributed by atoms with Gasteiger partial charge in [0.25, 0.3) is 0 Å². The van der Waals surface area contributed by atoms with E-state index >= 15 is 0 Å². The molecule has 0 bridgehead atoms. The first-order chi connectivity index (χ1) is 20.9. The number of hydrogen-bond acceptors (Lipinski definition) is 7. The fourth-order valence-electron chi connectivity index (χ4n) is 4.27. The molecule has 0 heterocycles. The smallest absolute Gasteiger partial charge is 0.457 e. The Labute approximate surface area is 263 Å². The first kappa shape index (κ1) is 41.7. The Morgan fingerprint density at radius 3 is 1.81 bits per heavy atom. The molecule has 0 rings (SSSR count). The summed E-state index contributed by atoms with van der Waals surface area (Å²) in [7, 11) is -4.25. The summed E-state index contributed by atoms with van der Waals surface area (Å²) >= 11 is 0. The highest BCUT2D eigenvalue weighted by atomic mass is 31.2. The van der Waals surface area contributed by atoms with Crippen LogP contribution >= 0.6 is 7.82 Å². The Bertz CT molecular complexity index is 757. The summed E-state index contributed by atoms with van der Waals surface area (Å²) in [6.45, 7) is 4.61. The van der Waals surface area contributed by atoms with E-state index in [1.807, 2.05) is 6.92 Å². The summed E-state index contributed by atoms with van der Waals surface area (Å²) in [6.07, 6.45) is 34.1. The molecule has 2 atom stereocenters. The van der Waals surface area contributed by atoms with Gasteiger partial charge in [-0.25, -0.2) is 4.57 Å². The number of hydrogen-bond donors (Lipinski definition) is 2. The minimum Gasteiger partial charge on any atom is -0.457 e. The maximum Gasteiger partial charge on any atom is 0.472 e. The zero-order valence-corrected chi connectivity index (χ0v) is 28.3. The van der Waals surface area contributed by atoms with E-state index in [1.54, 1.807) is 0 Å². The van der Waals surface area contributed by atoms with E-state index in [0.29, 0.717) is 13.0 Å². The van der Waals surface area contributed by atoms with Gasteiger partial charge in [-0.2, -0.15) is 0 Å². The summed E-state index contributed by atoms with van der Waals surface area (Å²) in [5, 5.41) is 0. The third kappa shape index (κ3) is 31.9. The first-order valence-electron chi connectivity index (χ1n) is 17.0. The number of nitrogens with two attached hydrogens (primary N) is 1. The number of allylic oxidation sites excluding steroid dienone is 6. The molecule has 0 amide bonds. The summed E-state index contributed by atoms with van der Waals surface area (Å²) in [6, 6.07) is 0. The van der Waals surface area contributed by atoms with Gasteiger partial charge in [0, 0.05) is 19.6 Å². The number of esters is 1. The molecule has 8 nitrogen and oxygen atoms in total. The van der Waals surface area contributed by atoms with Gasteiger partial charge in [0.05, 0.1) is 19.8 Å². The average molecular weight is 630 g/mol. The first-order valence-corrected chi connectivity index (χ1v) is 18.5. The second-order valence-corrected chi connectivity index (χ2v) is 12.5. The Balaban J connectivity index is 3.79. The van der Waals surface area contributed by atoms with E-state index in [-0.39, 0.29) is 32.3 Å². The highest BCUT2D eigenvalue weighted by molar-refractivity contribution is 7.47. The van der Waals surface area contributed by atoms with Gasteiger partial charge in [-0.05, 0) is 51.4 Å². The zero-order chi connectivity index (χ0) is 31.7. The van der Waals surface area contributed by atoms with Crippen LogP contribution in [0, 0.1) is 0 Å². The fraction of sp³-hybridized carbons (Fsp3) is 0.794. The Morgan fingerprint density at radius 2 is 1.23 bits per heavy atom. The Kier molecular flexibility index (Phi) is 31.2. The van der Waals surface area contributed by atoms with Crippen molar-refractivity contribution in [1.82, 2.24) is 0 Å². The van der Waals surface area contributed by atoms with Crippen molar-refractivity contribution in [2.24, 2.45) is 5.73 Å². The molecule has 43 heavy (non-hydrogen) atoms. The number of rotatable bonds is 32. The van der Waals surface area contributed by atoms with E-state index in [1.165, 1.54) is 70.6 Å². The van der Waals surface area contributed by atoms with Gasteiger partial charge in [-0.3, -0.25) is 13.8 Å². The molecule has 0 saturated carbocycles. The highest BCUT2D eigenvalue weighted by Crippen LogP contribution is 2.43. The zero-order valence-electron chi connectivity index (χ0n) is 27.4. The van der Waals surface area contributed by atoms with Gasteiger partial charge < -0.3 is 20.1 Å². The van der Waals surface area contributed by atoms with Gasteiger partial charge in [-0.1, -0.05) is 115 Å². The van der Waals surface area contributed by atoms with Crippen LogP contribution in [0.1, 0.15) is 136 Å². The van der Waals surface area contributed by atoms with Crippen LogP contribution in [0.2, 0.25) is 0 Å². The quantitative estimate of drug-likeness (QED) is 0.0327. The molecule has 0 aliphatic heterocycles. The minimum absolute atomic E-state index is 0.0970. The molecule has 0 saturated heterocycles. The van der Waals surface area contributed by atoms with Gasteiger partial charge in [0.15, 0.2) is 0 Å². The molecule has 0 radical (unpaired) electrons. The molecular formula is C34H64NO7P. The molecule has 3 N–H and O–H groups in total. The Morgan fingerprint density at radius 1 is 0.698 bits per heavy atom.